The Morgan fingerprint density at radius 1 is 1.23 bits per heavy atom. The van der Waals surface area contributed by atoms with Gasteiger partial charge in [-0.2, -0.15) is 0 Å². The molecular formula is C18H17N3O4S. The molecule has 0 radical (unpaired) electrons. The third-order valence-corrected chi connectivity index (χ3v) is 4.95. The lowest BCUT2D eigenvalue weighted by Crippen LogP contribution is -2.21. The number of rotatable bonds is 6. The van der Waals surface area contributed by atoms with E-state index in [2.05, 4.69) is 10.5 Å². The Morgan fingerprint density at radius 2 is 2.00 bits per heavy atom. The number of benzene rings is 1. The Kier molecular flexibility index (Phi) is 5.13. The van der Waals surface area contributed by atoms with Crippen LogP contribution in [0.1, 0.15) is 27.0 Å². The summed E-state index contributed by atoms with van der Waals surface area (Å²) in [5.74, 6) is -0.697. The number of hydrogen-bond acceptors (Lipinski definition) is 6. The quantitative estimate of drug-likeness (QED) is 0.672. The second-order valence-corrected chi connectivity index (χ2v) is 6.94. The Hall–Kier alpha value is -3.00. The molecule has 7 nitrogen and oxygen atoms in total. The van der Waals surface area contributed by atoms with Gasteiger partial charge in [0.15, 0.2) is 11.6 Å². The summed E-state index contributed by atoms with van der Waals surface area (Å²) in [6, 6.07) is 10.9. The minimum Gasteiger partial charge on any atom is -0.351 e. The Balaban J connectivity index is 1.83. The predicted molar refractivity (Wildman–Crippen MR) is 97.1 cm³/mol. The van der Waals surface area contributed by atoms with E-state index in [1.165, 1.54) is 22.8 Å². The minimum absolute atomic E-state index is 0.134. The number of thiophene rings is 1. The third-order valence-electron chi connectivity index (χ3n) is 3.82. The van der Waals surface area contributed by atoms with Crippen LogP contribution in [0.3, 0.4) is 0 Å². The van der Waals surface area contributed by atoms with E-state index in [0.29, 0.717) is 17.2 Å². The van der Waals surface area contributed by atoms with Crippen molar-refractivity contribution in [1.29, 1.82) is 0 Å². The van der Waals surface area contributed by atoms with Crippen molar-refractivity contribution in [3.63, 3.8) is 0 Å². The number of nitrogens with zero attached hydrogens (tertiary/aromatic N) is 2. The lowest BCUT2D eigenvalue weighted by Gasteiger charge is -2.05. The average Bonchev–Trinajstić information content (AvgIpc) is 3.21. The Morgan fingerprint density at radius 3 is 2.73 bits per heavy atom. The maximum atomic E-state index is 12.6. The molecule has 2 heterocycles. The van der Waals surface area contributed by atoms with Gasteiger partial charge in [0, 0.05) is 17.4 Å². The highest BCUT2D eigenvalue weighted by atomic mass is 32.1. The average molecular weight is 371 g/mol. The van der Waals surface area contributed by atoms with Gasteiger partial charge in [0.05, 0.1) is 18.0 Å². The van der Waals surface area contributed by atoms with E-state index in [1.54, 1.807) is 12.1 Å². The maximum Gasteiger partial charge on any atom is 0.442 e. The Bertz CT molecular complexity index is 1020. The van der Waals surface area contributed by atoms with E-state index in [4.69, 9.17) is 4.52 Å². The number of carbonyl (C=O) groups is 2. The number of aromatic nitrogens is 2. The topological polar surface area (TPSA) is 94.2 Å². The predicted octanol–water partition coefficient (Wildman–Crippen LogP) is 2.39. The van der Waals surface area contributed by atoms with Crippen LogP contribution in [0.5, 0.6) is 0 Å². The molecule has 1 amide bonds. The number of ketones is 1. The van der Waals surface area contributed by atoms with E-state index in [1.807, 2.05) is 31.2 Å². The van der Waals surface area contributed by atoms with Crippen molar-refractivity contribution in [3.8, 4) is 11.4 Å². The summed E-state index contributed by atoms with van der Waals surface area (Å²) in [6.07, 6.45) is 0. The summed E-state index contributed by atoms with van der Waals surface area (Å²) in [5.41, 5.74) is 1.67. The smallest absolute Gasteiger partial charge is 0.351 e. The van der Waals surface area contributed by atoms with E-state index in [9.17, 15) is 14.4 Å². The van der Waals surface area contributed by atoms with Crippen LogP contribution in [0.2, 0.25) is 0 Å². The normalized spacial score (nSPS) is 10.7. The highest BCUT2D eigenvalue weighted by Gasteiger charge is 2.19. The second kappa shape index (κ2) is 7.49. The molecular weight excluding hydrogens is 354 g/mol. The molecule has 0 aliphatic carbocycles. The van der Waals surface area contributed by atoms with Crippen molar-refractivity contribution < 1.29 is 14.1 Å². The highest BCUT2D eigenvalue weighted by Crippen LogP contribution is 2.22. The molecule has 26 heavy (non-hydrogen) atoms. The lowest BCUT2D eigenvalue weighted by molar-refractivity contribution is -0.119. The van der Waals surface area contributed by atoms with Gasteiger partial charge in [0.25, 0.3) is 0 Å². The second-order valence-electron chi connectivity index (χ2n) is 5.77. The number of amides is 1. The van der Waals surface area contributed by atoms with Gasteiger partial charge in [-0.1, -0.05) is 29.4 Å². The summed E-state index contributed by atoms with van der Waals surface area (Å²) in [6.45, 7) is 3.54. The molecule has 0 saturated heterocycles. The summed E-state index contributed by atoms with van der Waals surface area (Å²) in [5, 5.41) is 6.51. The molecule has 0 fully saturated rings. The fraction of sp³-hybridized carbons (Fsp3) is 0.222. The van der Waals surface area contributed by atoms with E-state index in [0.717, 1.165) is 16.0 Å². The molecule has 0 atom stereocenters. The molecule has 0 saturated carbocycles. The first-order chi connectivity index (χ1) is 12.5. The molecule has 0 spiro atoms. The van der Waals surface area contributed by atoms with Gasteiger partial charge in [-0.05, 0) is 24.6 Å². The first kappa shape index (κ1) is 17.8. The van der Waals surface area contributed by atoms with Crippen LogP contribution in [-0.2, 0) is 17.9 Å². The standard InChI is InChI=1S/C18H17N3O4S/c1-11-5-3-4-6-14(11)17-20-25-18(24)21(17)10-15(23)16-8-7-13(26-16)9-19-12(2)22/h3-8H,9-10H2,1-2H3,(H,19,22). The highest BCUT2D eigenvalue weighted by molar-refractivity contribution is 7.14. The van der Waals surface area contributed by atoms with Gasteiger partial charge in [0.1, 0.15) is 0 Å². The van der Waals surface area contributed by atoms with Gasteiger partial charge in [-0.15, -0.1) is 11.3 Å². The zero-order valence-electron chi connectivity index (χ0n) is 14.3. The van der Waals surface area contributed by atoms with Crippen LogP contribution in [0.15, 0.2) is 45.7 Å². The molecule has 0 unspecified atom stereocenters. The van der Waals surface area contributed by atoms with Crippen molar-refractivity contribution in [2.75, 3.05) is 0 Å². The van der Waals surface area contributed by atoms with E-state index < -0.39 is 5.76 Å². The number of carbonyl (C=O) groups excluding carboxylic acids is 2. The van der Waals surface area contributed by atoms with E-state index in [-0.39, 0.29) is 18.2 Å². The van der Waals surface area contributed by atoms with Crippen molar-refractivity contribution in [2.45, 2.75) is 26.9 Å². The zero-order valence-corrected chi connectivity index (χ0v) is 15.1. The van der Waals surface area contributed by atoms with Crippen LogP contribution in [-0.4, -0.2) is 21.4 Å². The minimum atomic E-state index is -0.674. The molecule has 8 heteroatoms. The molecule has 134 valence electrons. The summed E-state index contributed by atoms with van der Waals surface area (Å²) >= 11 is 1.28. The molecule has 1 aromatic carbocycles. The first-order valence-electron chi connectivity index (χ1n) is 7.94. The largest absolute Gasteiger partial charge is 0.442 e. The molecule has 0 bridgehead atoms. The van der Waals surface area contributed by atoms with Gasteiger partial charge in [-0.3, -0.25) is 14.1 Å². The summed E-state index contributed by atoms with van der Waals surface area (Å²) in [4.78, 5) is 36.9. The van der Waals surface area contributed by atoms with Crippen LogP contribution < -0.4 is 11.1 Å². The van der Waals surface area contributed by atoms with Crippen LogP contribution in [0.25, 0.3) is 11.4 Å². The molecule has 3 rings (SSSR count). The van der Waals surface area contributed by atoms with Crippen LogP contribution in [0, 0.1) is 6.92 Å². The number of nitrogens with one attached hydrogen (secondary N) is 1. The van der Waals surface area contributed by atoms with Crippen LogP contribution in [0.4, 0.5) is 0 Å². The monoisotopic (exact) mass is 371 g/mol. The third kappa shape index (κ3) is 3.80. The molecule has 3 aromatic rings. The lowest BCUT2D eigenvalue weighted by atomic mass is 10.1. The van der Waals surface area contributed by atoms with Gasteiger partial charge in [0.2, 0.25) is 5.91 Å². The Labute approximate surface area is 153 Å². The molecule has 0 aliphatic heterocycles. The van der Waals surface area contributed by atoms with Crippen molar-refractivity contribution in [3.05, 3.63) is 62.3 Å². The van der Waals surface area contributed by atoms with Crippen molar-refractivity contribution >= 4 is 23.0 Å². The summed E-state index contributed by atoms with van der Waals surface area (Å²) in [7, 11) is 0. The number of hydrogen-bond donors (Lipinski definition) is 1. The van der Waals surface area contributed by atoms with E-state index >= 15 is 0 Å². The van der Waals surface area contributed by atoms with Crippen molar-refractivity contribution in [2.24, 2.45) is 0 Å². The van der Waals surface area contributed by atoms with Crippen molar-refractivity contribution in [1.82, 2.24) is 15.0 Å². The maximum absolute atomic E-state index is 12.6. The zero-order chi connectivity index (χ0) is 18.7. The fourth-order valence-electron chi connectivity index (χ4n) is 2.48. The molecule has 0 aliphatic rings. The van der Waals surface area contributed by atoms with Gasteiger partial charge >= 0.3 is 5.76 Å². The SMILES string of the molecule is CC(=O)NCc1ccc(C(=O)Cn2c(-c3ccccc3C)noc2=O)s1. The number of aryl methyl sites for hydroxylation is 1. The van der Waals surface area contributed by atoms with Gasteiger partial charge < -0.3 is 5.32 Å². The first-order valence-corrected chi connectivity index (χ1v) is 8.76. The van der Waals surface area contributed by atoms with Gasteiger partial charge in [-0.25, -0.2) is 9.36 Å². The number of Topliss-reactive ketones (excluding diaryl/α,β-unsaturated/α-hetero) is 1. The molecule has 2 aromatic heterocycles. The molecule has 1 N–H and O–H groups in total. The summed E-state index contributed by atoms with van der Waals surface area (Å²) < 4.78 is 6.01. The van der Waals surface area contributed by atoms with Crippen LogP contribution >= 0.6 is 11.3 Å². The fourth-order valence-corrected chi connectivity index (χ4v) is 3.36.